The summed E-state index contributed by atoms with van der Waals surface area (Å²) in [6.07, 6.45) is -0.452. The first-order chi connectivity index (χ1) is 16.2. The van der Waals surface area contributed by atoms with Crippen molar-refractivity contribution in [3.05, 3.63) is 95.3 Å². The number of carboxylic acids is 1. The molecule has 9 heteroatoms. The number of hydrogen-bond acceptors (Lipinski definition) is 4. The standard InChI is InChI=1S/C25H23F3N2O4/c1-2-3-21(16-4-6-19(7-5-16)24(32)33)22(30-23(31)18-12-14-29-15-13-18)17-8-10-20(11-9-17)34-25(26,27)28/h4-15,21-22H,2-3H2,1H3,(H,30,31)(H,32,33). The van der Waals surface area contributed by atoms with Gasteiger partial charge in [0.2, 0.25) is 0 Å². The average molecular weight is 472 g/mol. The molecule has 2 aromatic carbocycles. The summed E-state index contributed by atoms with van der Waals surface area (Å²) in [5, 5.41) is 12.2. The van der Waals surface area contributed by atoms with Gasteiger partial charge in [-0.25, -0.2) is 4.79 Å². The Morgan fingerprint density at radius 2 is 1.53 bits per heavy atom. The molecule has 34 heavy (non-hydrogen) atoms. The van der Waals surface area contributed by atoms with Gasteiger partial charge in [0.1, 0.15) is 5.75 Å². The van der Waals surface area contributed by atoms with E-state index >= 15 is 0 Å². The van der Waals surface area contributed by atoms with Crippen LogP contribution in [0.3, 0.4) is 0 Å². The smallest absolute Gasteiger partial charge is 0.478 e. The first kappa shape index (κ1) is 24.8. The Morgan fingerprint density at radius 1 is 0.941 bits per heavy atom. The van der Waals surface area contributed by atoms with Crippen LogP contribution in [0.1, 0.15) is 63.6 Å². The fraction of sp³-hybridized carbons (Fsp3) is 0.240. The van der Waals surface area contributed by atoms with Crippen LogP contribution in [0.15, 0.2) is 73.1 Å². The lowest BCUT2D eigenvalue weighted by Gasteiger charge is -2.29. The highest BCUT2D eigenvalue weighted by atomic mass is 19.4. The molecule has 1 heterocycles. The van der Waals surface area contributed by atoms with Gasteiger partial charge >= 0.3 is 12.3 Å². The third-order valence-electron chi connectivity index (χ3n) is 5.29. The molecule has 1 amide bonds. The minimum atomic E-state index is -4.81. The summed E-state index contributed by atoms with van der Waals surface area (Å²) in [6.45, 7) is 1.97. The Labute approximate surface area is 194 Å². The van der Waals surface area contributed by atoms with Gasteiger partial charge in [0, 0.05) is 23.9 Å². The zero-order valence-corrected chi connectivity index (χ0v) is 18.3. The van der Waals surface area contributed by atoms with E-state index < -0.39 is 18.4 Å². The van der Waals surface area contributed by atoms with Crippen LogP contribution in [0, 0.1) is 0 Å². The molecule has 1 aromatic heterocycles. The van der Waals surface area contributed by atoms with Crippen molar-refractivity contribution in [3.63, 3.8) is 0 Å². The number of ether oxygens (including phenoxy) is 1. The first-order valence-electron chi connectivity index (χ1n) is 10.6. The fourth-order valence-corrected chi connectivity index (χ4v) is 3.73. The number of benzene rings is 2. The number of halogens is 3. The van der Waals surface area contributed by atoms with E-state index in [0.29, 0.717) is 17.5 Å². The minimum absolute atomic E-state index is 0.130. The van der Waals surface area contributed by atoms with Crippen LogP contribution in [-0.2, 0) is 0 Å². The van der Waals surface area contributed by atoms with Gasteiger partial charge in [-0.2, -0.15) is 0 Å². The Balaban J connectivity index is 1.99. The van der Waals surface area contributed by atoms with E-state index in [4.69, 9.17) is 0 Å². The van der Waals surface area contributed by atoms with Crippen molar-refractivity contribution in [2.75, 3.05) is 0 Å². The molecule has 0 spiro atoms. The number of nitrogens with one attached hydrogen (secondary N) is 1. The van der Waals surface area contributed by atoms with E-state index in [2.05, 4.69) is 15.0 Å². The maximum Gasteiger partial charge on any atom is 0.573 e. The Bertz CT molecular complexity index is 1100. The van der Waals surface area contributed by atoms with E-state index in [9.17, 15) is 27.9 Å². The largest absolute Gasteiger partial charge is 0.573 e. The van der Waals surface area contributed by atoms with E-state index in [1.54, 1.807) is 24.3 Å². The van der Waals surface area contributed by atoms with Crippen LogP contribution < -0.4 is 10.1 Å². The maximum atomic E-state index is 13.0. The second kappa shape index (κ2) is 10.8. The number of aromatic carboxylic acids is 1. The predicted molar refractivity (Wildman–Crippen MR) is 119 cm³/mol. The van der Waals surface area contributed by atoms with Crippen LogP contribution in [0.4, 0.5) is 13.2 Å². The molecule has 0 aliphatic heterocycles. The van der Waals surface area contributed by atoms with Crippen LogP contribution in [0.5, 0.6) is 5.75 Å². The molecule has 0 aliphatic carbocycles. The monoisotopic (exact) mass is 472 g/mol. The van der Waals surface area contributed by atoms with Crippen molar-refractivity contribution in [2.24, 2.45) is 0 Å². The molecule has 2 unspecified atom stereocenters. The lowest BCUT2D eigenvalue weighted by molar-refractivity contribution is -0.274. The molecule has 0 aliphatic rings. The summed E-state index contributed by atoms with van der Waals surface area (Å²) in [7, 11) is 0. The number of pyridine rings is 1. The number of aromatic nitrogens is 1. The van der Waals surface area contributed by atoms with E-state index in [1.165, 1.54) is 48.8 Å². The molecular formula is C25H23F3N2O4. The summed E-state index contributed by atoms with van der Waals surface area (Å²) in [5.41, 5.74) is 1.89. The minimum Gasteiger partial charge on any atom is -0.478 e. The topological polar surface area (TPSA) is 88.5 Å². The van der Waals surface area contributed by atoms with Crippen molar-refractivity contribution in [3.8, 4) is 5.75 Å². The summed E-state index contributed by atoms with van der Waals surface area (Å²) in [6, 6.07) is 14.2. The second-order valence-corrected chi connectivity index (χ2v) is 7.63. The number of carbonyl (C=O) groups is 2. The van der Waals surface area contributed by atoms with Crippen LogP contribution in [0.25, 0.3) is 0 Å². The molecule has 178 valence electrons. The lowest BCUT2D eigenvalue weighted by Crippen LogP contribution is -2.33. The molecule has 6 nitrogen and oxygen atoms in total. The fourth-order valence-electron chi connectivity index (χ4n) is 3.73. The SMILES string of the molecule is CCCC(c1ccc(C(=O)O)cc1)C(NC(=O)c1ccncc1)c1ccc(OC(F)(F)F)cc1. The zero-order valence-electron chi connectivity index (χ0n) is 18.3. The number of carboxylic acid groups (broad SMARTS) is 1. The quantitative estimate of drug-likeness (QED) is 0.415. The van der Waals surface area contributed by atoms with Gasteiger partial charge in [0.25, 0.3) is 5.91 Å². The number of rotatable bonds is 9. The van der Waals surface area contributed by atoms with Gasteiger partial charge in [0.05, 0.1) is 11.6 Å². The van der Waals surface area contributed by atoms with Gasteiger partial charge in [-0.15, -0.1) is 13.2 Å². The normalized spacial score (nSPS) is 13.1. The van der Waals surface area contributed by atoms with Crippen LogP contribution >= 0.6 is 0 Å². The van der Waals surface area contributed by atoms with Crippen molar-refractivity contribution < 1.29 is 32.6 Å². The summed E-state index contributed by atoms with van der Waals surface area (Å²) < 4.78 is 41.7. The van der Waals surface area contributed by atoms with Crippen LogP contribution in [0.2, 0.25) is 0 Å². The van der Waals surface area contributed by atoms with Crippen molar-refractivity contribution in [1.29, 1.82) is 0 Å². The summed E-state index contributed by atoms with van der Waals surface area (Å²) in [5.74, 6) is -2.06. The number of amides is 1. The molecule has 3 rings (SSSR count). The number of nitrogens with zero attached hydrogens (tertiary/aromatic N) is 1. The molecule has 0 saturated heterocycles. The van der Waals surface area contributed by atoms with Gasteiger partial charge in [-0.05, 0) is 53.9 Å². The van der Waals surface area contributed by atoms with E-state index in [0.717, 1.165) is 12.0 Å². The molecule has 3 aromatic rings. The molecular weight excluding hydrogens is 449 g/mol. The highest BCUT2D eigenvalue weighted by molar-refractivity contribution is 5.94. The van der Waals surface area contributed by atoms with Crippen molar-refractivity contribution in [1.82, 2.24) is 10.3 Å². The zero-order chi connectivity index (χ0) is 24.7. The molecule has 2 atom stereocenters. The first-order valence-corrected chi connectivity index (χ1v) is 10.6. The van der Waals surface area contributed by atoms with Gasteiger partial charge in [0.15, 0.2) is 0 Å². The summed E-state index contributed by atoms with van der Waals surface area (Å²) in [4.78, 5) is 28.1. The number of alkyl halides is 3. The summed E-state index contributed by atoms with van der Waals surface area (Å²) >= 11 is 0. The molecule has 0 saturated carbocycles. The average Bonchev–Trinajstić information content (AvgIpc) is 2.81. The molecule has 0 bridgehead atoms. The van der Waals surface area contributed by atoms with E-state index in [1.807, 2.05) is 6.92 Å². The Hall–Kier alpha value is -3.88. The highest BCUT2D eigenvalue weighted by Crippen LogP contribution is 2.36. The van der Waals surface area contributed by atoms with Gasteiger partial charge < -0.3 is 15.2 Å². The number of carbonyl (C=O) groups excluding carboxylic acids is 1. The van der Waals surface area contributed by atoms with Gasteiger partial charge in [-0.3, -0.25) is 9.78 Å². The van der Waals surface area contributed by atoms with E-state index in [-0.39, 0.29) is 23.1 Å². The van der Waals surface area contributed by atoms with Crippen molar-refractivity contribution >= 4 is 11.9 Å². The maximum absolute atomic E-state index is 13.0. The Morgan fingerprint density at radius 3 is 2.06 bits per heavy atom. The second-order valence-electron chi connectivity index (χ2n) is 7.63. The van der Waals surface area contributed by atoms with Crippen molar-refractivity contribution in [2.45, 2.75) is 38.1 Å². The third-order valence-corrected chi connectivity index (χ3v) is 5.29. The van der Waals surface area contributed by atoms with Gasteiger partial charge in [-0.1, -0.05) is 37.6 Å². The van der Waals surface area contributed by atoms with Crippen LogP contribution in [-0.4, -0.2) is 28.3 Å². The third kappa shape index (κ3) is 6.57. The Kier molecular flexibility index (Phi) is 7.88. The lowest BCUT2D eigenvalue weighted by atomic mass is 9.83. The molecule has 0 radical (unpaired) electrons. The molecule has 0 fully saturated rings. The predicted octanol–water partition coefficient (Wildman–Crippen LogP) is 5.73. The highest BCUT2D eigenvalue weighted by Gasteiger charge is 2.31. The number of hydrogen-bond donors (Lipinski definition) is 2. The molecule has 2 N–H and O–H groups in total.